The zero-order valence-electron chi connectivity index (χ0n) is 8.18. The van der Waals surface area contributed by atoms with Gasteiger partial charge in [0.15, 0.2) is 0 Å². The number of nitrogens with one attached hydrogen (secondary N) is 1. The van der Waals surface area contributed by atoms with Gasteiger partial charge in [0.1, 0.15) is 6.29 Å². The fourth-order valence-electron chi connectivity index (χ4n) is 1.20. The van der Waals surface area contributed by atoms with Gasteiger partial charge in [-0.05, 0) is 12.5 Å². The van der Waals surface area contributed by atoms with Crippen LogP contribution in [0.4, 0.5) is 0 Å². The first kappa shape index (κ1) is 10.9. The Bertz CT molecular complexity index is 272. The SMILES string of the molecule is C[C@@H](O)CNC(C=O)c1ccccc1. The fourth-order valence-corrected chi connectivity index (χ4v) is 1.20. The number of rotatable bonds is 5. The van der Waals surface area contributed by atoms with Gasteiger partial charge in [0.2, 0.25) is 0 Å². The molecule has 1 unspecified atom stereocenters. The first-order valence-electron chi connectivity index (χ1n) is 4.65. The number of aliphatic hydroxyl groups excluding tert-OH is 1. The zero-order valence-corrected chi connectivity index (χ0v) is 8.18. The van der Waals surface area contributed by atoms with Gasteiger partial charge >= 0.3 is 0 Å². The van der Waals surface area contributed by atoms with Crippen molar-refractivity contribution >= 4 is 6.29 Å². The molecule has 3 heteroatoms. The van der Waals surface area contributed by atoms with Gasteiger partial charge in [0, 0.05) is 6.54 Å². The van der Waals surface area contributed by atoms with E-state index < -0.39 is 6.10 Å². The zero-order chi connectivity index (χ0) is 10.4. The largest absolute Gasteiger partial charge is 0.392 e. The van der Waals surface area contributed by atoms with Crippen LogP contribution in [-0.2, 0) is 4.79 Å². The minimum Gasteiger partial charge on any atom is -0.392 e. The Morgan fingerprint density at radius 1 is 1.43 bits per heavy atom. The van der Waals surface area contributed by atoms with Crippen molar-refractivity contribution in [2.45, 2.75) is 19.1 Å². The number of hydrogen-bond donors (Lipinski definition) is 2. The van der Waals surface area contributed by atoms with Crippen molar-refractivity contribution in [1.82, 2.24) is 5.32 Å². The molecule has 1 aromatic rings. The second-order valence-electron chi connectivity index (χ2n) is 3.28. The number of carbonyl (C=O) groups is 1. The van der Waals surface area contributed by atoms with Crippen molar-refractivity contribution < 1.29 is 9.90 Å². The third-order valence-electron chi connectivity index (χ3n) is 1.93. The summed E-state index contributed by atoms with van der Waals surface area (Å²) < 4.78 is 0. The van der Waals surface area contributed by atoms with Crippen LogP contribution in [0.1, 0.15) is 18.5 Å². The van der Waals surface area contributed by atoms with E-state index in [4.69, 9.17) is 5.11 Å². The Morgan fingerprint density at radius 3 is 2.57 bits per heavy atom. The molecule has 1 rings (SSSR count). The van der Waals surface area contributed by atoms with E-state index in [0.717, 1.165) is 11.8 Å². The van der Waals surface area contributed by atoms with Gasteiger partial charge in [0.05, 0.1) is 12.1 Å². The van der Waals surface area contributed by atoms with E-state index in [1.807, 2.05) is 30.3 Å². The van der Waals surface area contributed by atoms with Gasteiger partial charge in [-0.25, -0.2) is 0 Å². The van der Waals surface area contributed by atoms with Crippen molar-refractivity contribution in [3.05, 3.63) is 35.9 Å². The maximum Gasteiger partial charge on any atom is 0.141 e. The summed E-state index contributed by atoms with van der Waals surface area (Å²) in [7, 11) is 0. The summed E-state index contributed by atoms with van der Waals surface area (Å²) in [5.74, 6) is 0. The molecule has 0 amide bonds. The monoisotopic (exact) mass is 193 g/mol. The molecule has 0 fully saturated rings. The molecule has 0 bridgehead atoms. The van der Waals surface area contributed by atoms with Crippen LogP contribution in [0.3, 0.4) is 0 Å². The van der Waals surface area contributed by atoms with Crippen LogP contribution >= 0.6 is 0 Å². The van der Waals surface area contributed by atoms with Crippen LogP contribution in [0.25, 0.3) is 0 Å². The number of aliphatic hydroxyl groups is 1. The maximum atomic E-state index is 10.8. The molecule has 0 radical (unpaired) electrons. The molecule has 0 aliphatic rings. The van der Waals surface area contributed by atoms with E-state index in [2.05, 4.69) is 5.32 Å². The van der Waals surface area contributed by atoms with E-state index in [1.54, 1.807) is 6.92 Å². The van der Waals surface area contributed by atoms with Crippen LogP contribution in [-0.4, -0.2) is 24.0 Å². The normalized spacial score (nSPS) is 14.7. The Hall–Kier alpha value is -1.19. The average Bonchev–Trinajstić information content (AvgIpc) is 2.20. The molecular weight excluding hydrogens is 178 g/mol. The standard InChI is InChI=1S/C11H15NO2/c1-9(14)7-12-11(8-13)10-5-3-2-4-6-10/h2-6,8-9,11-12,14H,7H2,1H3/t9-,11?/m1/s1. The van der Waals surface area contributed by atoms with Gasteiger partial charge in [-0.15, -0.1) is 0 Å². The van der Waals surface area contributed by atoms with Crippen molar-refractivity contribution in [3.8, 4) is 0 Å². The molecule has 2 atom stereocenters. The van der Waals surface area contributed by atoms with Crippen LogP contribution in [0, 0.1) is 0 Å². The number of benzene rings is 1. The number of aldehydes is 1. The summed E-state index contributed by atoms with van der Waals surface area (Å²) in [6.45, 7) is 2.10. The van der Waals surface area contributed by atoms with E-state index in [1.165, 1.54) is 0 Å². The number of hydrogen-bond acceptors (Lipinski definition) is 3. The summed E-state index contributed by atoms with van der Waals surface area (Å²) >= 11 is 0. The third-order valence-corrected chi connectivity index (χ3v) is 1.93. The Balaban J connectivity index is 2.59. The molecule has 0 aliphatic heterocycles. The van der Waals surface area contributed by atoms with E-state index in [0.29, 0.717) is 6.54 Å². The molecule has 1 aromatic carbocycles. The molecule has 14 heavy (non-hydrogen) atoms. The number of carbonyl (C=O) groups excluding carboxylic acids is 1. The van der Waals surface area contributed by atoms with Gasteiger partial charge in [-0.1, -0.05) is 30.3 Å². The lowest BCUT2D eigenvalue weighted by atomic mass is 10.1. The lowest BCUT2D eigenvalue weighted by Crippen LogP contribution is -2.29. The summed E-state index contributed by atoms with van der Waals surface area (Å²) in [5, 5.41) is 12.0. The van der Waals surface area contributed by atoms with Crippen LogP contribution in [0.15, 0.2) is 30.3 Å². The van der Waals surface area contributed by atoms with Gasteiger partial charge in [-0.3, -0.25) is 0 Å². The van der Waals surface area contributed by atoms with E-state index in [9.17, 15) is 4.79 Å². The molecule has 2 N–H and O–H groups in total. The highest BCUT2D eigenvalue weighted by Gasteiger charge is 2.09. The second-order valence-corrected chi connectivity index (χ2v) is 3.28. The summed E-state index contributed by atoms with van der Waals surface area (Å²) in [6, 6.07) is 9.11. The first-order chi connectivity index (χ1) is 6.74. The molecule has 0 aliphatic carbocycles. The van der Waals surface area contributed by atoms with E-state index in [-0.39, 0.29) is 6.04 Å². The van der Waals surface area contributed by atoms with Gasteiger partial charge < -0.3 is 15.2 Å². The van der Waals surface area contributed by atoms with Gasteiger partial charge in [0.25, 0.3) is 0 Å². The maximum absolute atomic E-state index is 10.8. The predicted molar refractivity (Wildman–Crippen MR) is 54.9 cm³/mol. The highest BCUT2D eigenvalue weighted by atomic mass is 16.3. The predicted octanol–water partition coefficient (Wildman–Crippen LogP) is 0.897. The minimum atomic E-state index is -0.443. The fraction of sp³-hybridized carbons (Fsp3) is 0.364. The topological polar surface area (TPSA) is 49.3 Å². The highest BCUT2D eigenvalue weighted by Crippen LogP contribution is 2.09. The molecular formula is C11H15NO2. The Morgan fingerprint density at radius 2 is 2.07 bits per heavy atom. The minimum absolute atomic E-state index is 0.328. The van der Waals surface area contributed by atoms with Crippen LogP contribution in [0.5, 0.6) is 0 Å². The van der Waals surface area contributed by atoms with Crippen molar-refractivity contribution in [2.24, 2.45) is 0 Å². The summed E-state index contributed by atoms with van der Waals surface area (Å²) in [6.07, 6.45) is 0.402. The molecule has 3 nitrogen and oxygen atoms in total. The lowest BCUT2D eigenvalue weighted by molar-refractivity contribution is -0.109. The highest BCUT2D eigenvalue weighted by molar-refractivity contribution is 5.61. The van der Waals surface area contributed by atoms with Gasteiger partial charge in [-0.2, -0.15) is 0 Å². The van der Waals surface area contributed by atoms with Crippen molar-refractivity contribution in [2.75, 3.05) is 6.54 Å². The second kappa shape index (κ2) is 5.52. The molecule has 0 saturated heterocycles. The van der Waals surface area contributed by atoms with E-state index >= 15 is 0 Å². The summed E-state index contributed by atoms with van der Waals surface area (Å²) in [4.78, 5) is 10.8. The average molecular weight is 193 g/mol. The molecule has 0 aromatic heterocycles. The Labute approximate surface area is 83.8 Å². The quantitative estimate of drug-likeness (QED) is 0.683. The first-order valence-corrected chi connectivity index (χ1v) is 4.65. The third kappa shape index (κ3) is 3.28. The molecule has 0 saturated carbocycles. The molecule has 0 heterocycles. The van der Waals surface area contributed by atoms with Crippen molar-refractivity contribution in [3.63, 3.8) is 0 Å². The molecule has 0 spiro atoms. The smallest absolute Gasteiger partial charge is 0.141 e. The van der Waals surface area contributed by atoms with Crippen molar-refractivity contribution in [1.29, 1.82) is 0 Å². The van der Waals surface area contributed by atoms with Crippen LogP contribution in [0.2, 0.25) is 0 Å². The summed E-state index contributed by atoms with van der Waals surface area (Å²) in [5.41, 5.74) is 0.920. The van der Waals surface area contributed by atoms with Crippen LogP contribution < -0.4 is 5.32 Å². The molecule has 76 valence electrons. The lowest BCUT2D eigenvalue weighted by Gasteiger charge is -2.13. The Kier molecular flexibility index (Phi) is 4.29.